The van der Waals surface area contributed by atoms with Gasteiger partial charge in [0.15, 0.2) is 11.2 Å². The zero-order valence-electron chi connectivity index (χ0n) is 16.1. The fourth-order valence-electron chi connectivity index (χ4n) is 3.30. The molecule has 0 bridgehead atoms. The zero-order valence-corrected chi connectivity index (χ0v) is 16.1. The van der Waals surface area contributed by atoms with Gasteiger partial charge in [-0.25, -0.2) is 9.78 Å². The number of hydrogen-bond donors (Lipinski definition) is 2. The van der Waals surface area contributed by atoms with Gasteiger partial charge < -0.3 is 24.3 Å². The van der Waals surface area contributed by atoms with Crippen LogP contribution in [-0.2, 0) is 4.79 Å². The number of amides is 1. The first-order valence-electron chi connectivity index (χ1n) is 9.38. The number of oxazole rings is 1. The van der Waals surface area contributed by atoms with Crippen molar-refractivity contribution in [3.8, 4) is 5.75 Å². The molecule has 0 saturated carbocycles. The Hall–Kier alpha value is -3.70. The standard InChI is InChI=1S/C19H18F3N5O4/c20-19(21,22)31-14-3-1-13(2-4-14)26-5-7-27(8-6-26)16(28)11-23-12-9-15-17(24-10-12)25-18(29)30-15/h1-4,9-10,23H,5-8,11H2,(H,24,25,29). The van der Waals surface area contributed by atoms with Crippen molar-refractivity contribution >= 4 is 28.5 Å². The molecule has 2 N–H and O–H groups in total. The number of carbonyl (C=O) groups is 1. The highest BCUT2D eigenvalue weighted by molar-refractivity contribution is 5.82. The van der Waals surface area contributed by atoms with Crippen LogP contribution in [0.1, 0.15) is 0 Å². The van der Waals surface area contributed by atoms with Gasteiger partial charge in [0.25, 0.3) is 0 Å². The van der Waals surface area contributed by atoms with E-state index < -0.39 is 12.1 Å². The minimum absolute atomic E-state index is 0.0469. The molecule has 0 radical (unpaired) electrons. The Morgan fingerprint density at radius 2 is 1.90 bits per heavy atom. The van der Waals surface area contributed by atoms with Crippen molar-refractivity contribution in [1.29, 1.82) is 0 Å². The van der Waals surface area contributed by atoms with Gasteiger partial charge in [-0.15, -0.1) is 13.2 Å². The number of anilines is 2. The number of benzene rings is 1. The Morgan fingerprint density at radius 3 is 2.58 bits per heavy atom. The number of rotatable bonds is 5. The molecule has 1 saturated heterocycles. The number of hydrogen-bond acceptors (Lipinski definition) is 7. The number of nitrogens with zero attached hydrogens (tertiary/aromatic N) is 3. The summed E-state index contributed by atoms with van der Waals surface area (Å²) in [6.45, 7) is 2.10. The number of nitrogens with one attached hydrogen (secondary N) is 2. The molecule has 9 nitrogen and oxygen atoms in total. The number of aromatic amines is 1. The van der Waals surface area contributed by atoms with Crippen LogP contribution in [0.3, 0.4) is 0 Å². The van der Waals surface area contributed by atoms with E-state index in [1.54, 1.807) is 23.1 Å². The molecule has 3 heterocycles. The predicted octanol–water partition coefficient (Wildman–Crippen LogP) is 2.18. The molecule has 0 spiro atoms. The van der Waals surface area contributed by atoms with Gasteiger partial charge >= 0.3 is 12.1 Å². The number of ether oxygens (including phenoxy) is 1. The molecule has 31 heavy (non-hydrogen) atoms. The minimum Gasteiger partial charge on any atom is -0.406 e. The van der Waals surface area contributed by atoms with E-state index in [4.69, 9.17) is 4.42 Å². The first kappa shape index (κ1) is 20.6. The second-order valence-corrected chi connectivity index (χ2v) is 6.85. The van der Waals surface area contributed by atoms with Crippen molar-refractivity contribution in [2.75, 3.05) is 42.9 Å². The number of H-pyrrole nitrogens is 1. The van der Waals surface area contributed by atoms with Crippen molar-refractivity contribution in [1.82, 2.24) is 14.9 Å². The van der Waals surface area contributed by atoms with Crippen LogP contribution in [0.2, 0.25) is 0 Å². The summed E-state index contributed by atoms with van der Waals surface area (Å²) in [5.41, 5.74) is 1.93. The Bertz CT molecular complexity index is 1120. The lowest BCUT2D eigenvalue weighted by Crippen LogP contribution is -2.50. The molecule has 1 aromatic carbocycles. The number of piperazine rings is 1. The topological polar surface area (TPSA) is 104 Å². The largest absolute Gasteiger partial charge is 0.573 e. The van der Waals surface area contributed by atoms with Crippen molar-refractivity contribution in [2.24, 2.45) is 0 Å². The molecule has 164 valence electrons. The van der Waals surface area contributed by atoms with Crippen molar-refractivity contribution in [3.63, 3.8) is 0 Å². The Kier molecular flexibility index (Phi) is 5.44. The first-order chi connectivity index (χ1) is 14.8. The van der Waals surface area contributed by atoms with Crippen LogP contribution in [0.5, 0.6) is 5.75 Å². The maximum Gasteiger partial charge on any atom is 0.573 e. The van der Waals surface area contributed by atoms with E-state index in [1.165, 1.54) is 18.3 Å². The molecule has 4 rings (SSSR count). The number of aromatic nitrogens is 2. The second kappa shape index (κ2) is 8.20. The summed E-state index contributed by atoms with van der Waals surface area (Å²) in [5.74, 6) is -0.983. The number of fused-ring (bicyclic) bond motifs is 1. The Morgan fingerprint density at radius 1 is 1.19 bits per heavy atom. The quantitative estimate of drug-likeness (QED) is 0.631. The smallest absolute Gasteiger partial charge is 0.406 e. The lowest BCUT2D eigenvalue weighted by atomic mass is 10.2. The first-order valence-corrected chi connectivity index (χ1v) is 9.38. The van der Waals surface area contributed by atoms with E-state index in [1.807, 2.05) is 4.90 Å². The summed E-state index contributed by atoms with van der Waals surface area (Å²) < 4.78 is 45.6. The fourth-order valence-corrected chi connectivity index (χ4v) is 3.30. The molecular weight excluding hydrogens is 419 g/mol. The van der Waals surface area contributed by atoms with E-state index in [2.05, 4.69) is 20.0 Å². The summed E-state index contributed by atoms with van der Waals surface area (Å²) >= 11 is 0. The lowest BCUT2D eigenvalue weighted by Gasteiger charge is -2.36. The van der Waals surface area contributed by atoms with Crippen LogP contribution >= 0.6 is 0 Å². The molecule has 12 heteroatoms. The maximum atomic E-state index is 12.5. The van der Waals surface area contributed by atoms with Crippen LogP contribution in [-0.4, -0.2) is 59.9 Å². The highest BCUT2D eigenvalue weighted by Gasteiger charge is 2.31. The van der Waals surface area contributed by atoms with Gasteiger partial charge in [0.05, 0.1) is 18.4 Å². The highest BCUT2D eigenvalue weighted by atomic mass is 19.4. The average Bonchev–Trinajstić information content (AvgIpc) is 3.11. The van der Waals surface area contributed by atoms with Crippen LogP contribution < -0.4 is 20.7 Å². The maximum absolute atomic E-state index is 12.5. The van der Waals surface area contributed by atoms with Crippen LogP contribution in [0, 0.1) is 0 Å². The molecule has 3 aromatic rings. The van der Waals surface area contributed by atoms with Gasteiger partial charge in [0.1, 0.15) is 5.75 Å². The Labute approximate surface area is 173 Å². The summed E-state index contributed by atoms with van der Waals surface area (Å²) in [5, 5.41) is 2.96. The zero-order chi connectivity index (χ0) is 22.0. The monoisotopic (exact) mass is 437 g/mol. The van der Waals surface area contributed by atoms with Crippen molar-refractivity contribution < 1.29 is 27.1 Å². The average molecular weight is 437 g/mol. The number of pyridine rings is 1. The highest BCUT2D eigenvalue weighted by Crippen LogP contribution is 2.26. The number of carbonyl (C=O) groups excluding carboxylic acids is 1. The number of halogens is 3. The van der Waals surface area contributed by atoms with Crippen molar-refractivity contribution in [3.05, 3.63) is 47.1 Å². The summed E-state index contributed by atoms with van der Waals surface area (Å²) in [7, 11) is 0. The summed E-state index contributed by atoms with van der Waals surface area (Å²) in [4.78, 5) is 33.8. The minimum atomic E-state index is -4.72. The van der Waals surface area contributed by atoms with E-state index in [0.717, 1.165) is 5.69 Å². The third kappa shape index (κ3) is 5.08. The SMILES string of the molecule is O=C(CNc1cnc2[nH]c(=O)oc2c1)N1CCN(c2ccc(OC(F)(F)F)cc2)CC1. The van der Waals surface area contributed by atoms with E-state index in [-0.39, 0.29) is 18.2 Å². The third-order valence-electron chi connectivity index (χ3n) is 4.79. The molecule has 0 atom stereocenters. The van der Waals surface area contributed by atoms with Gasteiger partial charge in [-0.3, -0.25) is 9.78 Å². The normalized spacial score (nSPS) is 14.7. The molecule has 0 unspecified atom stereocenters. The van der Waals surface area contributed by atoms with Gasteiger partial charge in [-0.1, -0.05) is 0 Å². The van der Waals surface area contributed by atoms with Crippen LogP contribution in [0.4, 0.5) is 24.5 Å². The molecule has 0 aliphatic carbocycles. The van der Waals surface area contributed by atoms with Gasteiger partial charge in [0, 0.05) is 37.9 Å². The van der Waals surface area contributed by atoms with Crippen LogP contribution in [0.25, 0.3) is 11.2 Å². The molecule has 2 aromatic heterocycles. The third-order valence-corrected chi connectivity index (χ3v) is 4.79. The van der Waals surface area contributed by atoms with E-state index >= 15 is 0 Å². The van der Waals surface area contributed by atoms with Gasteiger partial charge in [-0.05, 0) is 24.3 Å². The van der Waals surface area contributed by atoms with E-state index in [9.17, 15) is 22.8 Å². The summed E-state index contributed by atoms with van der Waals surface area (Å²) in [6.07, 6.45) is -3.23. The lowest BCUT2D eigenvalue weighted by molar-refractivity contribution is -0.274. The van der Waals surface area contributed by atoms with Crippen LogP contribution in [0.15, 0.2) is 45.7 Å². The Balaban J connectivity index is 1.27. The predicted molar refractivity (Wildman–Crippen MR) is 105 cm³/mol. The number of alkyl halides is 3. The van der Waals surface area contributed by atoms with Gasteiger partial charge in [-0.2, -0.15) is 0 Å². The molecule has 1 amide bonds. The summed E-state index contributed by atoms with van der Waals surface area (Å²) in [6, 6.07) is 7.23. The molecular formula is C19H18F3N5O4. The molecule has 1 aliphatic heterocycles. The fraction of sp³-hybridized carbons (Fsp3) is 0.316. The molecule has 1 fully saturated rings. The second-order valence-electron chi connectivity index (χ2n) is 6.85. The molecule has 1 aliphatic rings. The van der Waals surface area contributed by atoms with Gasteiger partial charge in [0.2, 0.25) is 5.91 Å². The van der Waals surface area contributed by atoms with E-state index in [0.29, 0.717) is 43.1 Å². The van der Waals surface area contributed by atoms with Crippen molar-refractivity contribution in [2.45, 2.75) is 6.36 Å².